The zero-order chi connectivity index (χ0) is 17.9. The van der Waals surface area contributed by atoms with Gasteiger partial charge < -0.3 is 20.3 Å². The molecule has 0 aliphatic heterocycles. The summed E-state index contributed by atoms with van der Waals surface area (Å²) in [6.45, 7) is 5.59. The highest BCUT2D eigenvalue weighted by atomic mass is 35.5. The van der Waals surface area contributed by atoms with E-state index in [2.05, 4.69) is 27.6 Å². The summed E-state index contributed by atoms with van der Waals surface area (Å²) < 4.78 is 5.07. The predicted molar refractivity (Wildman–Crippen MR) is 103 cm³/mol. The van der Waals surface area contributed by atoms with E-state index in [1.54, 1.807) is 20.2 Å². The summed E-state index contributed by atoms with van der Waals surface area (Å²) in [6, 6.07) is 5.56. The minimum atomic E-state index is 0.0327. The van der Waals surface area contributed by atoms with Crippen LogP contribution < -0.4 is 10.6 Å². The van der Waals surface area contributed by atoms with Gasteiger partial charge in [0.2, 0.25) is 0 Å². The van der Waals surface area contributed by atoms with E-state index in [1.165, 1.54) is 0 Å². The number of methoxy groups -OCH3 is 1. The van der Waals surface area contributed by atoms with Crippen LogP contribution in [0.4, 0.5) is 0 Å². The number of ether oxygens (including phenoxy) is 1. The molecule has 1 atom stereocenters. The lowest BCUT2D eigenvalue weighted by Crippen LogP contribution is -2.40. The first-order valence-corrected chi connectivity index (χ1v) is 8.83. The van der Waals surface area contributed by atoms with Crippen molar-refractivity contribution in [2.75, 3.05) is 47.4 Å². The molecule has 0 aliphatic rings. The molecule has 0 saturated carbocycles. The Balaban J connectivity index is 2.39. The fraction of sp³-hybridized carbons (Fsp3) is 0.588. The molecule has 0 spiro atoms. The number of hydrogen-bond donors (Lipinski definition) is 2. The number of nitrogens with one attached hydrogen (secondary N) is 2. The Morgan fingerprint density at radius 2 is 2.08 bits per heavy atom. The van der Waals surface area contributed by atoms with Crippen LogP contribution in [0.25, 0.3) is 0 Å². The van der Waals surface area contributed by atoms with E-state index < -0.39 is 0 Å². The van der Waals surface area contributed by atoms with Crippen LogP contribution in [-0.4, -0.2) is 58.3 Å². The van der Waals surface area contributed by atoms with Crippen LogP contribution >= 0.6 is 23.2 Å². The Morgan fingerprint density at radius 3 is 2.71 bits per heavy atom. The van der Waals surface area contributed by atoms with Crippen molar-refractivity contribution in [1.82, 2.24) is 15.5 Å². The van der Waals surface area contributed by atoms with E-state index in [4.69, 9.17) is 27.9 Å². The zero-order valence-electron chi connectivity index (χ0n) is 14.9. The lowest BCUT2D eigenvalue weighted by atomic mass is 10.1. The van der Waals surface area contributed by atoms with Gasteiger partial charge in [-0.15, -0.1) is 0 Å². The van der Waals surface area contributed by atoms with Gasteiger partial charge in [-0.25, -0.2) is 0 Å². The number of rotatable bonds is 9. The quantitative estimate of drug-likeness (QED) is 0.395. The summed E-state index contributed by atoms with van der Waals surface area (Å²) in [5.74, 6) is 0.757. The Bertz CT molecular complexity index is 525. The lowest BCUT2D eigenvalue weighted by molar-refractivity contribution is 0.161. The molecule has 0 saturated heterocycles. The van der Waals surface area contributed by atoms with Crippen molar-refractivity contribution in [2.45, 2.75) is 19.4 Å². The van der Waals surface area contributed by atoms with Gasteiger partial charge in [0.25, 0.3) is 0 Å². The highest BCUT2D eigenvalue weighted by Gasteiger charge is 2.11. The van der Waals surface area contributed by atoms with Crippen molar-refractivity contribution in [3.05, 3.63) is 33.8 Å². The average molecular weight is 375 g/mol. The van der Waals surface area contributed by atoms with E-state index >= 15 is 0 Å². The third-order valence-corrected chi connectivity index (χ3v) is 4.25. The average Bonchev–Trinajstić information content (AvgIpc) is 2.55. The molecule has 0 heterocycles. The van der Waals surface area contributed by atoms with E-state index in [-0.39, 0.29) is 6.04 Å². The van der Waals surface area contributed by atoms with Crippen LogP contribution in [0.2, 0.25) is 10.0 Å². The molecule has 24 heavy (non-hydrogen) atoms. The largest absolute Gasteiger partial charge is 0.383 e. The summed E-state index contributed by atoms with van der Waals surface area (Å²) in [4.78, 5) is 6.51. The molecule has 0 aliphatic carbocycles. The Hall–Kier alpha value is -1.01. The van der Waals surface area contributed by atoms with Crippen molar-refractivity contribution in [3.63, 3.8) is 0 Å². The third kappa shape index (κ3) is 7.71. The second-order valence-electron chi connectivity index (χ2n) is 5.68. The van der Waals surface area contributed by atoms with Crippen LogP contribution in [0.15, 0.2) is 23.2 Å². The van der Waals surface area contributed by atoms with E-state index in [9.17, 15) is 0 Å². The summed E-state index contributed by atoms with van der Waals surface area (Å²) in [6.07, 6.45) is 1.02. The number of halogens is 2. The summed E-state index contributed by atoms with van der Waals surface area (Å²) in [7, 11) is 5.58. The number of likely N-dealkylation sites (N-methyl/N-ethyl adjacent to an activating group) is 1. The summed E-state index contributed by atoms with van der Waals surface area (Å²) in [5, 5.41) is 7.95. The molecule has 1 unspecified atom stereocenters. The molecule has 1 rings (SSSR count). The Kier molecular flexibility index (Phi) is 10.1. The van der Waals surface area contributed by atoms with Gasteiger partial charge in [-0.1, -0.05) is 29.3 Å². The SMILES string of the molecule is CN=C(NCCCN(C)CCOC)NC(C)c1ccc(Cl)cc1Cl. The lowest BCUT2D eigenvalue weighted by Gasteiger charge is -2.20. The minimum absolute atomic E-state index is 0.0327. The number of nitrogens with zero attached hydrogens (tertiary/aromatic N) is 2. The van der Waals surface area contributed by atoms with Gasteiger partial charge >= 0.3 is 0 Å². The molecule has 1 aromatic rings. The van der Waals surface area contributed by atoms with E-state index in [0.29, 0.717) is 10.0 Å². The molecule has 0 fully saturated rings. The van der Waals surface area contributed by atoms with Crippen molar-refractivity contribution in [1.29, 1.82) is 0 Å². The molecule has 7 heteroatoms. The van der Waals surface area contributed by atoms with Gasteiger partial charge in [0.1, 0.15) is 0 Å². The van der Waals surface area contributed by atoms with E-state index in [1.807, 2.05) is 19.1 Å². The van der Waals surface area contributed by atoms with Gasteiger partial charge in [-0.3, -0.25) is 4.99 Å². The first-order valence-electron chi connectivity index (χ1n) is 8.07. The Morgan fingerprint density at radius 1 is 1.33 bits per heavy atom. The van der Waals surface area contributed by atoms with Crippen LogP contribution in [0, 0.1) is 0 Å². The van der Waals surface area contributed by atoms with Crippen LogP contribution in [0.5, 0.6) is 0 Å². The van der Waals surface area contributed by atoms with Crippen molar-refractivity contribution >= 4 is 29.2 Å². The van der Waals surface area contributed by atoms with Gasteiger partial charge in [-0.05, 0) is 44.6 Å². The summed E-state index contributed by atoms with van der Waals surface area (Å²) in [5.41, 5.74) is 0.989. The predicted octanol–water partition coefficient (Wildman–Crippen LogP) is 3.19. The monoisotopic (exact) mass is 374 g/mol. The molecule has 0 aromatic heterocycles. The smallest absolute Gasteiger partial charge is 0.191 e. The standard InChI is InChI=1S/C17H28Cl2N4O/c1-13(15-7-6-14(18)12-16(15)19)22-17(20-2)21-8-5-9-23(3)10-11-24-4/h6-7,12-13H,5,8-11H2,1-4H3,(H2,20,21,22). The van der Waals surface area contributed by atoms with Crippen molar-refractivity contribution in [2.24, 2.45) is 4.99 Å². The Labute approximate surface area is 155 Å². The normalized spacial score (nSPS) is 13.2. The topological polar surface area (TPSA) is 48.9 Å². The van der Waals surface area contributed by atoms with Crippen LogP contribution in [-0.2, 0) is 4.74 Å². The maximum atomic E-state index is 6.25. The first kappa shape index (κ1) is 21.0. The van der Waals surface area contributed by atoms with Crippen molar-refractivity contribution in [3.8, 4) is 0 Å². The van der Waals surface area contributed by atoms with Crippen LogP contribution in [0.1, 0.15) is 24.9 Å². The molecule has 0 radical (unpaired) electrons. The zero-order valence-corrected chi connectivity index (χ0v) is 16.4. The molecule has 2 N–H and O–H groups in total. The maximum Gasteiger partial charge on any atom is 0.191 e. The molecule has 1 aromatic carbocycles. The second kappa shape index (κ2) is 11.5. The number of hydrogen-bond acceptors (Lipinski definition) is 3. The molecule has 0 amide bonds. The minimum Gasteiger partial charge on any atom is -0.383 e. The highest BCUT2D eigenvalue weighted by Crippen LogP contribution is 2.25. The van der Waals surface area contributed by atoms with Gasteiger partial charge in [-0.2, -0.15) is 0 Å². The number of benzene rings is 1. The van der Waals surface area contributed by atoms with Gasteiger partial charge in [0.15, 0.2) is 5.96 Å². The maximum absolute atomic E-state index is 6.25. The highest BCUT2D eigenvalue weighted by molar-refractivity contribution is 6.35. The second-order valence-corrected chi connectivity index (χ2v) is 6.52. The fourth-order valence-electron chi connectivity index (χ4n) is 2.24. The van der Waals surface area contributed by atoms with Crippen molar-refractivity contribution < 1.29 is 4.74 Å². The first-order chi connectivity index (χ1) is 11.5. The number of guanidine groups is 1. The molecule has 136 valence electrons. The van der Waals surface area contributed by atoms with Gasteiger partial charge in [0.05, 0.1) is 12.6 Å². The van der Waals surface area contributed by atoms with E-state index in [0.717, 1.165) is 44.2 Å². The molecule has 5 nitrogen and oxygen atoms in total. The van der Waals surface area contributed by atoms with Gasteiger partial charge in [0, 0.05) is 37.3 Å². The molecule has 0 bridgehead atoms. The van der Waals surface area contributed by atoms with Crippen LogP contribution in [0.3, 0.4) is 0 Å². The number of aliphatic imine (C=N–C) groups is 1. The molecular weight excluding hydrogens is 347 g/mol. The summed E-state index contributed by atoms with van der Waals surface area (Å²) >= 11 is 12.2. The fourth-order valence-corrected chi connectivity index (χ4v) is 2.82. The molecular formula is C17H28Cl2N4O. The third-order valence-electron chi connectivity index (χ3n) is 3.69.